The second-order valence-electron chi connectivity index (χ2n) is 5.35. The number of aromatic nitrogens is 1. The molecule has 0 aliphatic carbocycles. The molecular weight excluding hydrogens is 304 g/mol. The van der Waals surface area contributed by atoms with Gasteiger partial charge < -0.3 is 15.5 Å². The molecule has 0 aliphatic rings. The van der Waals surface area contributed by atoms with E-state index in [1.165, 1.54) is 7.05 Å². The summed E-state index contributed by atoms with van der Waals surface area (Å²) in [4.78, 5) is 16.3. The smallest absolute Gasteiger partial charge is 0.276 e. The van der Waals surface area contributed by atoms with Crippen molar-refractivity contribution in [1.29, 1.82) is 5.41 Å². The van der Waals surface area contributed by atoms with Crippen LogP contribution in [0.4, 0.5) is 0 Å². The third-order valence-corrected chi connectivity index (χ3v) is 3.09. The van der Waals surface area contributed by atoms with E-state index in [4.69, 9.17) is 15.9 Å². The average molecular weight is 325 g/mol. The molecule has 0 aliphatic heterocycles. The van der Waals surface area contributed by atoms with Gasteiger partial charge in [-0.3, -0.25) is 15.1 Å². The third kappa shape index (κ3) is 3.71. The number of carbonyl (C=O) groups excluding carboxylic acids is 1. The molecule has 0 fully saturated rings. The third-order valence-electron chi connectivity index (χ3n) is 3.09. The fraction of sp³-hybridized carbons (Fsp3) is 0.333. The quantitative estimate of drug-likeness (QED) is 0.596. The highest BCUT2D eigenvalue weighted by Gasteiger charge is 2.17. The fourth-order valence-corrected chi connectivity index (χ4v) is 1.92. The molecule has 0 spiro atoms. The lowest BCUT2D eigenvalue weighted by molar-refractivity contribution is 0.0864. The van der Waals surface area contributed by atoms with E-state index in [0.29, 0.717) is 18.2 Å². The first-order chi connectivity index (χ1) is 9.90. The van der Waals surface area contributed by atoms with Crippen molar-refractivity contribution < 1.29 is 9.53 Å². The Hall–Kier alpha value is -2.21. The average Bonchev–Trinajstić information content (AvgIpc) is 2.87. The van der Waals surface area contributed by atoms with Gasteiger partial charge in [0.05, 0.1) is 6.61 Å². The Bertz CT molecular complexity index is 681. The molecule has 2 aromatic rings. The summed E-state index contributed by atoms with van der Waals surface area (Å²) in [5, 5.41) is 8.16. The van der Waals surface area contributed by atoms with Gasteiger partial charge in [0.15, 0.2) is 5.96 Å². The molecule has 120 valence electrons. The molecule has 0 atom stereocenters. The first-order valence-electron chi connectivity index (χ1n) is 6.76. The van der Waals surface area contributed by atoms with Crippen molar-refractivity contribution in [1.82, 2.24) is 9.88 Å². The van der Waals surface area contributed by atoms with Crippen molar-refractivity contribution in [2.24, 2.45) is 11.7 Å². The Kier molecular flexibility index (Phi) is 5.82. The number of H-pyrrole nitrogens is 1. The Labute approximate surface area is 135 Å². The highest BCUT2D eigenvalue weighted by molar-refractivity contribution is 6.06. The second kappa shape index (κ2) is 7.17. The molecule has 0 bridgehead atoms. The number of fused-ring (bicyclic) bond motifs is 1. The van der Waals surface area contributed by atoms with E-state index in [0.717, 1.165) is 21.6 Å². The lowest BCUT2D eigenvalue weighted by Crippen LogP contribution is -2.38. The van der Waals surface area contributed by atoms with E-state index < -0.39 is 0 Å². The summed E-state index contributed by atoms with van der Waals surface area (Å²) in [6.45, 7) is 4.77. The van der Waals surface area contributed by atoms with Crippen LogP contribution in [-0.2, 0) is 0 Å². The van der Waals surface area contributed by atoms with Crippen molar-refractivity contribution in [3.8, 4) is 5.75 Å². The van der Waals surface area contributed by atoms with Gasteiger partial charge in [0.25, 0.3) is 5.91 Å². The van der Waals surface area contributed by atoms with Crippen LogP contribution in [0.15, 0.2) is 24.3 Å². The number of nitrogens with two attached hydrogens (primary N) is 1. The van der Waals surface area contributed by atoms with Gasteiger partial charge in [-0.15, -0.1) is 12.4 Å². The number of carbonyl (C=O) groups is 1. The standard InChI is InChI=1S/C15H20N4O2.ClH/c1-9(2)8-21-13-6-4-5-11-10(13)7-12(18-11)14(20)19(3)15(16)17;/h4-7,9,18H,8H2,1-3H3,(H3,16,17);1H. The predicted octanol–water partition coefficient (Wildman–Crippen LogP) is 2.59. The zero-order valence-electron chi connectivity index (χ0n) is 12.8. The normalized spacial score (nSPS) is 10.4. The monoisotopic (exact) mass is 324 g/mol. The number of amides is 1. The highest BCUT2D eigenvalue weighted by Crippen LogP contribution is 2.27. The predicted molar refractivity (Wildman–Crippen MR) is 89.9 cm³/mol. The molecule has 1 aromatic heterocycles. The SMILES string of the molecule is CC(C)COc1cccc2[nH]c(C(=O)N(C)C(=N)N)cc12.Cl. The summed E-state index contributed by atoms with van der Waals surface area (Å²) in [7, 11) is 1.46. The first kappa shape index (κ1) is 17.8. The van der Waals surface area contributed by atoms with Crippen LogP contribution < -0.4 is 10.5 Å². The number of hydrogen-bond donors (Lipinski definition) is 3. The number of aromatic amines is 1. The molecule has 6 nitrogen and oxygen atoms in total. The Morgan fingerprint density at radius 1 is 1.45 bits per heavy atom. The molecule has 7 heteroatoms. The Morgan fingerprint density at radius 2 is 2.14 bits per heavy atom. The number of ether oxygens (including phenoxy) is 1. The van der Waals surface area contributed by atoms with Gasteiger partial charge in [-0.05, 0) is 24.1 Å². The number of rotatable bonds is 4. The lowest BCUT2D eigenvalue weighted by Gasteiger charge is -2.12. The van der Waals surface area contributed by atoms with Gasteiger partial charge in [-0.1, -0.05) is 19.9 Å². The molecule has 4 N–H and O–H groups in total. The number of halogens is 1. The minimum absolute atomic E-state index is 0. The molecule has 0 saturated carbocycles. The maximum Gasteiger partial charge on any atom is 0.276 e. The van der Waals surface area contributed by atoms with E-state index in [1.54, 1.807) is 6.07 Å². The van der Waals surface area contributed by atoms with Gasteiger partial charge in [0.1, 0.15) is 11.4 Å². The van der Waals surface area contributed by atoms with Gasteiger partial charge >= 0.3 is 0 Å². The molecule has 1 amide bonds. The van der Waals surface area contributed by atoms with Gasteiger partial charge in [0.2, 0.25) is 0 Å². The Morgan fingerprint density at radius 3 is 2.73 bits per heavy atom. The molecule has 0 radical (unpaired) electrons. The van der Waals surface area contributed by atoms with Crippen LogP contribution in [0.2, 0.25) is 0 Å². The summed E-state index contributed by atoms with van der Waals surface area (Å²) in [6, 6.07) is 7.35. The topological polar surface area (TPSA) is 95.2 Å². The number of benzene rings is 1. The zero-order chi connectivity index (χ0) is 15.6. The van der Waals surface area contributed by atoms with Gasteiger partial charge in [-0.2, -0.15) is 0 Å². The molecule has 2 rings (SSSR count). The summed E-state index contributed by atoms with van der Waals surface area (Å²) in [5.74, 6) is 0.509. The maximum atomic E-state index is 12.2. The van der Waals surface area contributed by atoms with E-state index in [-0.39, 0.29) is 24.3 Å². The summed E-state index contributed by atoms with van der Waals surface area (Å²) in [5.41, 5.74) is 6.52. The molecule has 0 unspecified atom stereocenters. The maximum absolute atomic E-state index is 12.2. The minimum Gasteiger partial charge on any atom is -0.493 e. The highest BCUT2D eigenvalue weighted by atomic mass is 35.5. The summed E-state index contributed by atoms with van der Waals surface area (Å²) < 4.78 is 5.77. The second-order valence-corrected chi connectivity index (χ2v) is 5.35. The number of hydrogen-bond acceptors (Lipinski definition) is 3. The molecule has 1 heterocycles. The van der Waals surface area contributed by atoms with Crippen LogP contribution in [0.1, 0.15) is 24.3 Å². The van der Waals surface area contributed by atoms with E-state index in [2.05, 4.69) is 18.8 Å². The van der Waals surface area contributed by atoms with Crippen molar-refractivity contribution in [2.45, 2.75) is 13.8 Å². The first-order valence-corrected chi connectivity index (χ1v) is 6.76. The van der Waals surface area contributed by atoms with Crippen LogP contribution in [0.3, 0.4) is 0 Å². The van der Waals surface area contributed by atoms with Crippen molar-refractivity contribution in [3.05, 3.63) is 30.0 Å². The molecule has 22 heavy (non-hydrogen) atoms. The van der Waals surface area contributed by atoms with E-state index in [9.17, 15) is 4.79 Å². The van der Waals surface area contributed by atoms with Gasteiger partial charge in [-0.25, -0.2) is 0 Å². The van der Waals surface area contributed by atoms with Crippen molar-refractivity contribution in [2.75, 3.05) is 13.7 Å². The molecule has 0 saturated heterocycles. The van der Waals surface area contributed by atoms with Crippen LogP contribution >= 0.6 is 12.4 Å². The lowest BCUT2D eigenvalue weighted by atomic mass is 10.2. The van der Waals surface area contributed by atoms with E-state index >= 15 is 0 Å². The zero-order valence-corrected chi connectivity index (χ0v) is 13.7. The van der Waals surface area contributed by atoms with E-state index in [1.807, 2.05) is 18.2 Å². The summed E-state index contributed by atoms with van der Waals surface area (Å²) >= 11 is 0. The molecule has 1 aromatic carbocycles. The van der Waals surface area contributed by atoms with Crippen LogP contribution in [-0.4, -0.2) is 35.4 Å². The van der Waals surface area contributed by atoms with Gasteiger partial charge in [0, 0.05) is 18.0 Å². The van der Waals surface area contributed by atoms with Crippen molar-refractivity contribution >= 4 is 35.2 Å². The number of guanidine groups is 1. The minimum atomic E-state index is -0.353. The summed E-state index contributed by atoms with van der Waals surface area (Å²) in [6.07, 6.45) is 0. The number of nitrogens with one attached hydrogen (secondary N) is 2. The van der Waals surface area contributed by atoms with Crippen LogP contribution in [0.5, 0.6) is 5.75 Å². The fourth-order valence-electron chi connectivity index (χ4n) is 1.92. The van der Waals surface area contributed by atoms with Crippen LogP contribution in [0, 0.1) is 11.3 Å². The Balaban J connectivity index is 0.00000242. The van der Waals surface area contributed by atoms with Crippen molar-refractivity contribution in [3.63, 3.8) is 0 Å². The van der Waals surface area contributed by atoms with Crippen LogP contribution in [0.25, 0.3) is 10.9 Å². The molecular formula is C15H21ClN4O2. The largest absolute Gasteiger partial charge is 0.493 e. The number of nitrogens with zero attached hydrogens (tertiary/aromatic N) is 1.